The minimum absolute atomic E-state index is 0.572. The normalized spacial score (nSPS) is 17.1. The summed E-state index contributed by atoms with van der Waals surface area (Å²) in [6.45, 7) is 13.2. The Labute approximate surface area is 205 Å². The zero-order valence-corrected chi connectivity index (χ0v) is 20.4. The van der Waals surface area contributed by atoms with Gasteiger partial charge in [-0.3, -0.25) is 9.58 Å². The van der Waals surface area contributed by atoms with Crippen LogP contribution in [0, 0.1) is 0 Å². The lowest BCUT2D eigenvalue weighted by molar-refractivity contribution is 0.137. The Balaban J connectivity index is 1.59. The number of nitrogens with one attached hydrogen (secondary N) is 2. The second-order valence-electron chi connectivity index (χ2n) is 8.94. The minimum atomic E-state index is 0.572. The maximum Gasteiger partial charge on any atom is 0.228 e. The molecule has 2 N–H and O–H groups in total. The van der Waals surface area contributed by atoms with E-state index in [-0.39, 0.29) is 0 Å². The molecule has 0 saturated carbocycles. The molecule has 2 aliphatic rings. The third-order valence-electron chi connectivity index (χ3n) is 6.37. The number of nitrogens with zero attached hydrogens (tertiary/aromatic N) is 8. The monoisotopic (exact) mass is 478 g/mol. The number of piperidine rings is 1. The van der Waals surface area contributed by atoms with Crippen LogP contribution >= 0.6 is 0 Å². The van der Waals surface area contributed by atoms with E-state index in [2.05, 4.69) is 37.0 Å². The number of hydrogen-bond donors (Lipinski definition) is 2. The molecule has 0 radical (unpaired) electrons. The molecule has 5 heterocycles. The van der Waals surface area contributed by atoms with Crippen molar-refractivity contribution in [1.29, 1.82) is 0 Å². The predicted molar refractivity (Wildman–Crippen MR) is 136 cm³/mol. The number of aromatic nitrogens is 6. The van der Waals surface area contributed by atoms with Gasteiger partial charge in [-0.15, -0.1) is 0 Å². The highest BCUT2D eigenvalue weighted by atomic mass is 16.5. The molecule has 3 aromatic heterocycles. The molecule has 0 aromatic carbocycles. The molecule has 186 valence electrons. The van der Waals surface area contributed by atoms with Gasteiger partial charge < -0.3 is 20.3 Å². The van der Waals surface area contributed by atoms with E-state index in [4.69, 9.17) is 19.8 Å². The first-order chi connectivity index (χ1) is 17.2. The summed E-state index contributed by atoms with van der Waals surface area (Å²) in [4.78, 5) is 23.1. The molecule has 0 amide bonds. The van der Waals surface area contributed by atoms with Gasteiger partial charge in [0.05, 0.1) is 19.7 Å². The molecule has 3 aromatic rings. The van der Waals surface area contributed by atoms with Gasteiger partial charge in [-0.1, -0.05) is 13.0 Å². The van der Waals surface area contributed by atoms with Gasteiger partial charge in [0.25, 0.3) is 0 Å². The topological polar surface area (TPSA) is 109 Å². The van der Waals surface area contributed by atoms with E-state index < -0.39 is 0 Å². The Hall–Kier alpha value is -3.31. The van der Waals surface area contributed by atoms with Crippen LogP contribution in [0.4, 0.5) is 17.6 Å². The summed E-state index contributed by atoms with van der Waals surface area (Å²) in [5.41, 5.74) is 3.68. The molecule has 2 fully saturated rings. The van der Waals surface area contributed by atoms with Crippen molar-refractivity contribution in [3.05, 3.63) is 36.6 Å². The lowest BCUT2D eigenvalue weighted by atomic mass is 10.1. The van der Waals surface area contributed by atoms with E-state index >= 15 is 0 Å². The van der Waals surface area contributed by atoms with E-state index in [1.807, 2.05) is 17.7 Å². The molecular formula is C24H34N10O. The smallest absolute Gasteiger partial charge is 0.228 e. The third kappa shape index (κ3) is 5.51. The quantitative estimate of drug-likeness (QED) is 0.445. The van der Waals surface area contributed by atoms with Gasteiger partial charge in [-0.2, -0.15) is 10.1 Å². The summed E-state index contributed by atoms with van der Waals surface area (Å²) in [5, 5.41) is 11.7. The molecule has 5 rings (SSSR count). The van der Waals surface area contributed by atoms with Gasteiger partial charge in [0.15, 0.2) is 5.82 Å². The number of rotatable bonds is 9. The van der Waals surface area contributed by atoms with Gasteiger partial charge >= 0.3 is 0 Å². The van der Waals surface area contributed by atoms with E-state index in [1.54, 1.807) is 6.20 Å². The molecule has 2 aliphatic heterocycles. The zero-order valence-electron chi connectivity index (χ0n) is 20.4. The van der Waals surface area contributed by atoms with E-state index in [1.165, 1.54) is 25.6 Å². The third-order valence-corrected chi connectivity index (χ3v) is 6.37. The van der Waals surface area contributed by atoms with Crippen molar-refractivity contribution in [2.45, 2.75) is 39.3 Å². The first-order valence-corrected chi connectivity index (χ1v) is 12.5. The second-order valence-corrected chi connectivity index (χ2v) is 8.94. The van der Waals surface area contributed by atoms with Crippen LogP contribution in [0.5, 0.6) is 0 Å². The van der Waals surface area contributed by atoms with Crippen LogP contribution in [-0.2, 0) is 17.8 Å². The summed E-state index contributed by atoms with van der Waals surface area (Å²) >= 11 is 0. The molecule has 0 unspecified atom stereocenters. The zero-order chi connectivity index (χ0) is 24.0. The number of piperazine rings is 1. The van der Waals surface area contributed by atoms with E-state index in [0.29, 0.717) is 43.9 Å². The summed E-state index contributed by atoms with van der Waals surface area (Å²) in [5.74, 6) is 2.02. The van der Waals surface area contributed by atoms with Crippen LogP contribution in [0.1, 0.15) is 31.9 Å². The largest absolute Gasteiger partial charge is 0.386 e. The summed E-state index contributed by atoms with van der Waals surface area (Å²) < 4.78 is 7.64. The Kier molecular flexibility index (Phi) is 7.34. The summed E-state index contributed by atoms with van der Waals surface area (Å²) in [6.07, 6.45) is 6.99. The minimum Gasteiger partial charge on any atom is -0.386 e. The van der Waals surface area contributed by atoms with Crippen LogP contribution < -0.4 is 15.5 Å². The van der Waals surface area contributed by atoms with E-state index in [0.717, 1.165) is 55.1 Å². The van der Waals surface area contributed by atoms with Crippen molar-refractivity contribution in [1.82, 2.24) is 39.9 Å². The van der Waals surface area contributed by atoms with Gasteiger partial charge in [-0.25, -0.2) is 15.0 Å². The highest BCUT2D eigenvalue weighted by molar-refractivity contribution is 5.90. The molecular weight excluding hydrogens is 444 g/mol. The van der Waals surface area contributed by atoms with Gasteiger partial charge in [-0.05, 0) is 38.9 Å². The molecule has 0 bridgehead atoms. The molecule has 35 heavy (non-hydrogen) atoms. The number of likely N-dealkylation sites (tertiary alicyclic amines) is 1. The molecule has 11 heteroatoms. The van der Waals surface area contributed by atoms with Crippen molar-refractivity contribution in [3.8, 4) is 0 Å². The van der Waals surface area contributed by atoms with Crippen LogP contribution in [-0.4, -0.2) is 80.6 Å². The first kappa shape index (κ1) is 23.4. The number of ether oxygens (including phenoxy) is 1. The van der Waals surface area contributed by atoms with Crippen LogP contribution in [0.15, 0.2) is 30.9 Å². The predicted octanol–water partition coefficient (Wildman–Crippen LogP) is 2.31. The van der Waals surface area contributed by atoms with Crippen molar-refractivity contribution in [2.75, 3.05) is 56.2 Å². The molecule has 2 saturated heterocycles. The first-order valence-electron chi connectivity index (χ1n) is 12.5. The SMILES string of the molecule is C=C1CN(c2nc(Nc3ccncn3)c3c(n2)c(CN2CCCCC2)nn3CCOCC)CCN1. The van der Waals surface area contributed by atoms with Crippen molar-refractivity contribution in [3.63, 3.8) is 0 Å². The summed E-state index contributed by atoms with van der Waals surface area (Å²) in [7, 11) is 0. The van der Waals surface area contributed by atoms with Gasteiger partial charge in [0, 0.05) is 38.1 Å². The van der Waals surface area contributed by atoms with Gasteiger partial charge in [0.2, 0.25) is 5.95 Å². The molecule has 0 aliphatic carbocycles. The lowest BCUT2D eigenvalue weighted by Gasteiger charge is -2.29. The lowest BCUT2D eigenvalue weighted by Crippen LogP contribution is -2.42. The fourth-order valence-electron chi connectivity index (χ4n) is 4.64. The highest BCUT2D eigenvalue weighted by Gasteiger charge is 2.24. The Morgan fingerprint density at radius 1 is 1.17 bits per heavy atom. The Morgan fingerprint density at radius 2 is 2.06 bits per heavy atom. The second kappa shape index (κ2) is 11.0. The fraction of sp³-hybridized carbons (Fsp3) is 0.542. The van der Waals surface area contributed by atoms with Crippen LogP contribution in [0.3, 0.4) is 0 Å². The van der Waals surface area contributed by atoms with Crippen molar-refractivity contribution in [2.24, 2.45) is 0 Å². The number of fused-ring (bicyclic) bond motifs is 1. The maximum absolute atomic E-state index is 5.66. The number of anilines is 3. The Morgan fingerprint density at radius 3 is 2.83 bits per heavy atom. The standard InChI is InChI=1S/C24H34N10O/c1-3-35-14-13-34-22-21(19(31-34)16-32-10-5-4-6-11-32)29-24(33-12-9-26-18(2)15-33)30-23(22)28-20-7-8-25-17-27-20/h7-8,17,26H,2-6,9-16H2,1H3,(H,25,27,28,29,30). The van der Waals surface area contributed by atoms with E-state index in [9.17, 15) is 0 Å². The van der Waals surface area contributed by atoms with Crippen LogP contribution in [0.25, 0.3) is 11.0 Å². The maximum atomic E-state index is 5.66. The average molecular weight is 479 g/mol. The Bertz CT molecular complexity index is 1140. The fourth-order valence-corrected chi connectivity index (χ4v) is 4.64. The van der Waals surface area contributed by atoms with Crippen LogP contribution in [0.2, 0.25) is 0 Å². The van der Waals surface area contributed by atoms with Crippen molar-refractivity contribution < 1.29 is 4.74 Å². The highest BCUT2D eigenvalue weighted by Crippen LogP contribution is 2.30. The molecule has 11 nitrogen and oxygen atoms in total. The van der Waals surface area contributed by atoms with Crippen molar-refractivity contribution >= 4 is 28.6 Å². The molecule has 0 spiro atoms. The molecule has 0 atom stereocenters. The summed E-state index contributed by atoms with van der Waals surface area (Å²) in [6, 6.07) is 1.83. The number of hydrogen-bond acceptors (Lipinski definition) is 10. The van der Waals surface area contributed by atoms with Gasteiger partial charge in [0.1, 0.15) is 28.9 Å². The average Bonchev–Trinajstić information content (AvgIpc) is 3.23.